The third-order valence-electron chi connectivity index (χ3n) is 5.65. The Morgan fingerprint density at radius 3 is 2.39 bits per heavy atom. The SMILES string of the molecule is C[NH+](C)[C@@H](CNC(=O)CCC(=O)c1ccc2c(c1)CCCC2)c1ccccc1. The Balaban J connectivity index is 1.50. The van der Waals surface area contributed by atoms with Crippen molar-refractivity contribution in [2.24, 2.45) is 0 Å². The van der Waals surface area contributed by atoms with Gasteiger partial charge in [-0.25, -0.2) is 0 Å². The summed E-state index contributed by atoms with van der Waals surface area (Å²) in [5, 5.41) is 3.01. The van der Waals surface area contributed by atoms with Gasteiger partial charge in [0.05, 0.1) is 20.6 Å². The van der Waals surface area contributed by atoms with Crippen LogP contribution in [0.5, 0.6) is 0 Å². The molecule has 0 aromatic heterocycles. The highest BCUT2D eigenvalue weighted by atomic mass is 16.2. The second-order valence-corrected chi connectivity index (χ2v) is 7.96. The molecule has 4 nitrogen and oxygen atoms in total. The zero-order chi connectivity index (χ0) is 19.9. The standard InChI is InChI=1S/C24H30N2O2/c1-26(2)22(19-9-4-3-5-10-19)17-25-24(28)15-14-23(27)21-13-12-18-8-6-7-11-20(18)16-21/h3-5,9-10,12-13,16,22H,6-8,11,14-15,17H2,1-2H3,(H,25,28)/p+1/t22-/m0/s1. The molecule has 0 saturated heterocycles. The minimum Gasteiger partial charge on any atom is -0.350 e. The quantitative estimate of drug-likeness (QED) is 0.693. The van der Waals surface area contributed by atoms with Gasteiger partial charge in [0, 0.05) is 24.0 Å². The molecular formula is C24H31N2O2+. The lowest BCUT2D eigenvalue weighted by Crippen LogP contribution is -3.07. The predicted molar refractivity (Wildman–Crippen MR) is 112 cm³/mol. The van der Waals surface area contributed by atoms with Gasteiger partial charge in [0.2, 0.25) is 5.91 Å². The van der Waals surface area contributed by atoms with Crippen molar-refractivity contribution in [3.8, 4) is 0 Å². The summed E-state index contributed by atoms with van der Waals surface area (Å²) in [6.07, 6.45) is 5.10. The van der Waals surface area contributed by atoms with Gasteiger partial charge in [-0.15, -0.1) is 0 Å². The number of Topliss-reactive ketones (excluding diaryl/α,β-unsaturated/α-hetero) is 1. The Bertz CT molecular complexity index is 815. The highest BCUT2D eigenvalue weighted by Crippen LogP contribution is 2.23. The zero-order valence-electron chi connectivity index (χ0n) is 17.0. The van der Waals surface area contributed by atoms with Crippen LogP contribution in [0.2, 0.25) is 0 Å². The number of hydrogen-bond donors (Lipinski definition) is 2. The van der Waals surface area contributed by atoms with E-state index in [1.807, 2.05) is 30.3 Å². The number of benzene rings is 2. The van der Waals surface area contributed by atoms with Crippen LogP contribution >= 0.6 is 0 Å². The van der Waals surface area contributed by atoms with E-state index in [9.17, 15) is 9.59 Å². The average Bonchev–Trinajstić information content (AvgIpc) is 2.72. The van der Waals surface area contributed by atoms with Crippen LogP contribution in [0, 0.1) is 0 Å². The van der Waals surface area contributed by atoms with E-state index in [4.69, 9.17) is 0 Å². The molecule has 3 rings (SSSR count). The maximum Gasteiger partial charge on any atom is 0.220 e. The maximum atomic E-state index is 12.5. The first kappa shape index (κ1) is 20.3. The third kappa shape index (κ3) is 5.29. The highest BCUT2D eigenvalue weighted by molar-refractivity contribution is 5.98. The molecule has 148 valence electrons. The number of amides is 1. The molecule has 1 amide bonds. The molecule has 1 aliphatic carbocycles. The summed E-state index contributed by atoms with van der Waals surface area (Å²) < 4.78 is 0. The Morgan fingerprint density at radius 2 is 1.68 bits per heavy atom. The third-order valence-corrected chi connectivity index (χ3v) is 5.65. The van der Waals surface area contributed by atoms with Crippen molar-refractivity contribution in [2.75, 3.05) is 20.6 Å². The molecule has 0 radical (unpaired) electrons. The summed E-state index contributed by atoms with van der Waals surface area (Å²) >= 11 is 0. The summed E-state index contributed by atoms with van der Waals surface area (Å²) in [7, 11) is 4.17. The molecule has 0 fully saturated rings. The van der Waals surface area contributed by atoms with E-state index in [-0.39, 0.29) is 30.6 Å². The Morgan fingerprint density at radius 1 is 0.964 bits per heavy atom. The van der Waals surface area contributed by atoms with Crippen LogP contribution in [0.1, 0.15) is 58.8 Å². The summed E-state index contributed by atoms with van der Waals surface area (Å²) in [4.78, 5) is 26.1. The van der Waals surface area contributed by atoms with E-state index in [1.165, 1.54) is 34.4 Å². The lowest BCUT2D eigenvalue weighted by atomic mass is 9.89. The number of nitrogens with one attached hydrogen (secondary N) is 2. The molecule has 1 aliphatic rings. The van der Waals surface area contributed by atoms with Crippen LogP contribution in [0.3, 0.4) is 0 Å². The van der Waals surface area contributed by atoms with Crippen molar-refractivity contribution in [2.45, 2.75) is 44.6 Å². The molecule has 0 aliphatic heterocycles. The minimum atomic E-state index is -0.0616. The molecule has 2 aromatic carbocycles. The van der Waals surface area contributed by atoms with E-state index in [0.29, 0.717) is 6.54 Å². The first-order valence-corrected chi connectivity index (χ1v) is 10.3. The average molecular weight is 380 g/mol. The van der Waals surface area contributed by atoms with Gasteiger partial charge in [-0.3, -0.25) is 9.59 Å². The fraction of sp³-hybridized carbons (Fsp3) is 0.417. The molecule has 28 heavy (non-hydrogen) atoms. The lowest BCUT2D eigenvalue weighted by molar-refractivity contribution is -0.890. The van der Waals surface area contributed by atoms with E-state index < -0.39 is 0 Å². The number of quaternary nitrogens is 1. The molecule has 0 heterocycles. The Hall–Kier alpha value is -2.46. The van der Waals surface area contributed by atoms with E-state index >= 15 is 0 Å². The van der Waals surface area contributed by atoms with Crippen LogP contribution in [0.15, 0.2) is 48.5 Å². The number of ketones is 1. The monoisotopic (exact) mass is 379 g/mol. The normalized spacial score (nSPS) is 14.4. The smallest absolute Gasteiger partial charge is 0.220 e. The number of rotatable bonds is 8. The lowest BCUT2D eigenvalue weighted by Gasteiger charge is -2.22. The fourth-order valence-corrected chi connectivity index (χ4v) is 3.92. The van der Waals surface area contributed by atoms with E-state index in [1.54, 1.807) is 0 Å². The zero-order valence-corrected chi connectivity index (χ0v) is 17.0. The van der Waals surface area contributed by atoms with Crippen molar-refractivity contribution >= 4 is 11.7 Å². The van der Waals surface area contributed by atoms with Gasteiger partial charge < -0.3 is 10.2 Å². The largest absolute Gasteiger partial charge is 0.350 e. The van der Waals surface area contributed by atoms with Crippen molar-refractivity contribution in [1.29, 1.82) is 0 Å². The number of carbonyl (C=O) groups excluding carboxylic acids is 2. The van der Waals surface area contributed by atoms with Gasteiger partial charge in [0.1, 0.15) is 6.04 Å². The number of hydrogen-bond acceptors (Lipinski definition) is 2. The summed E-state index contributed by atoms with van der Waals surface area (Å²) in [5.74, 6) is -0.00476. The van der Waals surface area contributed by atoms with Gasteiger partial charge in [-0.05, 0) is 42.9 Å². The first-order valence-electron chi connectivity index (χ1n) is 10.3. The molecule has 1 atom stereocenters. The summed E-state index contributed by atoms with van der Waals surface area (Å²) in [6.45, 7) is 0.568. The molecule has 0 saturated carbocycles. The van der Waals surface area contributed by atoms with Gasteiger partial charge in [0.25, 0.3) is 0 Å². The van der Waals surface area contributed by atoms with Gasteiger partial charge in [0.15, 0.2) is 5.78 Å². The van der Waals surface area contributed by atoms with E-state index in [0.717, 1.165) is 18.4 Å². The fourth-order valence-electron chi connectivity index (χ4n) is 3.92. The number of carbonyl (C=O) groups is 2. The molecule has 0 unspecified atom stereocenters. The molecule has 0 bridgehead atoms. The van der Waals surface area contributed by atoms with Crippen LogP contribution in [-0.2, 0) is 17.6 Å². The van der Waals surface area contributed by atoms with Crippen molar-refractivity contribution in [3.63, 3.8) is 0 Å². The molecule has 4 heteroatoms. The van der Waals surface area contributed by atoms with Crippen molar-refractivity contribution in [3.05, 3.63) is 70.8 Å². The maximum absolute atomic E-state index is 12.5. The van der Waals surface area contributed by atoms with Gasteiger partial charge >= 0.3 is 0 Å². The minimum absolute atomic E-state index is 0.0568. The molecular weight excluding hydrogens is 348 g/mol. The molecule has 2 N–H and O–H groups in total. The summed E-state index contributed by atoms with van der Waals surface area (Å²) in [6, 6.07) is 16.5. The Kier molecular flexibility index (Phi) is 6.99. The number of fused-ring (bicyclic) bond motifs is 1. The first-order chi connectivity index (χ1) is 13.5. The number of aryl methyl sites for hydroxylation is 2. The van der Waals surface area contributed by atoms with Crippen LogP contribution in [0.25, 0.3) is 0 Å². The van der Waals surface area contributed by atoms with Gasteiger partial charge in [-0.2, -0.15) is 0 Å². The summed E-state index contributed by atoms with van der Waals surface area (Å²) in [5.41, 5.74) is 4.63. The van der Waals surface area contributed by atoms with Crippen LogP contribution in [-0.4, -0.2) is 32.3 Å². The van der Waals surface area contributed by atoms with Crippen molar-refractivity contribution in [1.82, 2.24) is 5.32 Å². The molecule has 0 spiro atoms. The van der Waals surface area contributed by atoms with Crippen LogP contribution in [0.4, 0.5) is 0 Å². The Labute approximate surface area is 167 Å². The highest BCUT2D eigenvalue weighted by Gasteiger charge is 2.19. The number of likely N-dealkylation sites (N-methyl/N-ethyl adjacent to an activating group) is 1. The second-order valence-electron chi connectivity index (χ2n) is 7.96. The van der Waals surface area contributed by atoms with Crippen LogP contribution < -0.4 is 10.2 Å². The van der Waals surface area contributed by atoms with Crippen molar-refractivity contribution < 1.29 is 14.5 Å². The topological polar surface area (TPSA) is 50.6 Å². The van der Waals surface area contributed by atoms with Gasteiger partial charge in [-0.1, -0.05) is 42.5 Å². The molecule has 2 aromatic rings. The second kappa shape index (κ2) is 9.65. The predicted octanol–water partition coefficient (Wildman–Crippen LogP) is 2.53. The van der Waals surface area contributed by atoms with E-state index in [2.05, 4.69) is 37.6 Å².